The molecule has 2 rings (SSSR count). The number of hydrogen-bond acceptors (Lipinski definition) is 2. The Morgan fingerprint density at radius 3 is 2.40 bits per heavy atom. The number of nitrogens with one attached hydrogen (secondary N) is 1. The Labute approximate surface area is 145 Å². The number of alkyl halides is 1. The second kappa shape index (κ2) is 6.84. The van der Waals surface area contributed by atoms with Gasteiger partial charge in [-0.05, 0) is 30.9 Å². The van der Waals surface area contributed by atoms with Crippen molar-refractivity contribution in [3.05, 3.63) is 26.7 Å². The van der Waals surface area contributed by atoms with Crippen molar-refractivity contribution in [1.82, 2.24) is 4.72 Å². The van der Waals surface area contributed by atoms with E-state index in [-0.39, 0.29) is 21.0 Å². The van der Waals surface area contributed by atoms with Crippen LogP contribution in [0.15, 0.2) is 21.5 Å². The van der Waals surface area contributed by atoms with E-state index >= 15 is 0 Å². The maximum absolute atomic E-state index is 12.5. The summed E-state index contributed by atoms with van der Waals surface area (Å²) in [6.07, 6.45) is 2.87. The van der Waals surface area contributed by atoms with Gasteiger partial charge in [-0.3, -0.25) is 0 Å². The van der Waals surface area contributed by atoms with Crippen molar-refractivity contribution in [3.63, 3.8) is 0 Å². The normalized spacial score (nSPS) is 23.2. The summed E-state index contributed by atoms with van der Waals surface area (Å²) < 4.78 is 28.4. The van der Waals surface area contributed by atoms with Crippen LogP contribution < -0.4 is 4.72 Å². The fourth-order valence-corrected chi connectivity index (χ4v) is 6.47. The lowest BCUT2D eigenvalue weighted by Crippen LogP contribution is -2.38. The average Bonchev–Trinajstić information content (AvgIpc) is 2.73. The monoisotopic (exact) mass is 463 g/mol. The van der Waals surface area contributed by atoms with Gasteiger partial charge in [0.25, 0.3) is 0 Å². The molecule has 1 aliphatic rings. The highest BCUT2D eigenvalue weighted by atomic mass is 79.9. The zero-order valence-electron chi connectivity index (χ0n) is 10.4. The van der Waals surface area contributed by atoms with Crippen LogP contribution in [0.25, 0.3) is 0 Å². The van der Waals surface area contributed by atoms with Crippen molar-refractivity contribution in [2.75, 3.05) is 5.33 Å². The van der Waals surface area contributed by atoms with Gasteiger partial charge in [0, 0.05) is 15.8 Å². The predicted molar refractivity (Wildman–Crippen MR) is 89.4 cm³/mol. The second-order valence-corrected chi connectivity index (χ2v) is 8.80. The molecule has 1 aliphatic carbocycles. The summed E-state index contributed by atoms with van der Waals surface area (Å²) in [5, 5.41) is 1.01. The highest BCUT2D eigenvalue weighted by Gasteiger charge is 2.32. The van der Waals surface area contributed by atoms with E-state index in [9.17, 15) is 8.42 Å². The minimum absolute atomic E-state index is 0.0516. The van der Waals surface area contributed by atoms with Crippen LogP contribution in [0.5, 0.6) is 0 Å². The van der Waals surface area contributed by atoms with Crippen molar-refractivity contribution in [3.8, 4) is 0 Å². The Morgan fingerprint density at radius 2 is 1.85 bits per heavy atom. The van der Waals surface area contributed by atoms with Crippen LogP contribution in [0.4, 0.5) is 0 Å². The molecule has 2 unspecified atom stereocenters. The van der Waals surface area contributed by atoms with E-state index in [1.807, 2.05) is 0 Å². The molecule has 1 aromatic rings. The molecule has 0 amide bonds. The Kier molecular flexibility index (Phi) is 5.82. The van der Waals surface area contributed by atoms with Crippen LogP contribution in [0, 0.1) is 5.92 Å². The summed E-state index contributed by atoms with van der Waals surface area (Å²) in [4.78, 5) is -0.0516. The summed E-state index contributed by atoms with van der Waals surface area (Å²) in [7, 11) is -3.72. The molecule has 3 nitrogen and oxygen atoms in total. The zero-order chi connectivity index (χ0) is 14.9. The maximum Gasteiger partial charge on any atom is 0.243 e. The number of benzene rings is 1. The Hall–Kier alpha value is 0.670. The van der Waals surface area contributed by atoms with Crippen LogP contribution in [0.3, 0.4) is 0 Å². The van der Waals surface area contributed by atoms with Crippen molar-refractivity contribution in [1.29, 1.82) is 0 Å². The molecule has 8 heteroatoms. The Balaban J connectivity index is 2.32. The second-order valence-electron chi connectivity index (χ2n) is 4.77. The van der Waals surface area contributed by atoms with Gasteiger partial charge in [-0.1, -0.05) is 61.5 Å². The molecule has 1 N–H and O–H groups in total. The summed E-state index contributed by atoms with van der Waals surface area (Å²) in [6, 6.07) is 2.98. The topological polar surface area (TPSA) is 46.2 Å². The number of hydrogen-bond donors (Lipinski definition) is 1. The molecule has 0 bridgehead atoms. The SMILES string of the molecule is O=S(=O)(NC1CCCC1CBr)c1c(Cl)cc(Br)cc1Cl. The van der Waals surface area contributed by atoms with E-state index in [1.165, 1.54) is 12.1 Å². The molecule has 0 radical (unpaired) electrons. The highest BCUT2D eigenvalue weighted by Crippen LogP contribution is 2.34. The lowest BCUT2D eigenvalue weighted by molar-refractivity contribution is 0.484. The van der Waals surface area contributed by atoms with Gasteiger partial charge in [-0.25, -0.2) is 13.1 Å². The van der Waals surface area contributed by atoms with E-state index < -0.39 is 10.0 Å². The first-order chi connectivity index (χ1) is 9.35. The Morgan fingerprint density at radius 1 is 1.25 bits per heavy atom. The standard InChI is InChI=1S/C12H13Br2Cl2NO2S/c13-6-7-2-1-3-11(7)17-20(18,19)12-9(15)4-8(14)5-10(12)16/h4-5,7,11,17H,1-3,6H2. The first-order valence-corrected chi connectivity index (χ1v) is 10.2. The summed E-state index contributed by atoms with van der Waals surface area (Å²) in [5.74, 6) is 0.303. The van der Waals surface area contributed by atoms with Gasteiger partial charge in [0.2, 0.25) is 10.0 Å². The van der Waals surface area contributed by atoms with Crippen LogP contribution in [-0.4, -0.2) is 19.8 Å². The van der Waals surface area contributed by atoms with Gasteiger partial charge < -0.3 is 0 Å². The summed E-state index contributed by atoms with van der Waals surface area (Å²) >= 11 is 18.7. The third-order valence-corrected chi connectivity index (χ3v) is 7.10. The van der Waals surface area contributed by atoms with Crippen molar-refractivity contribution in [2.24, 2.45) is 5.92 Å². The molecule has 2 atom stereocenters. The lowest BCUT2D eigenvalue weighted by atomic mass is 10.1. The van der Waals surface area contributed by atoms with Crippen molar-refractivity contribution >= 4 is 65.1 Å². The van der Waals surface area contributed by atoms with Crippen LogP contribution >= 0.6 is 55.1 Å². The first kappa shape index (κ1) is 17.0. The predicted octanol–water partition coefficient (Wildman–Crippen LogP) is 4.60. The molecule has 0 aliphatic heterocycles. The number of halogens is 4. The third-order valence-electron chi connectivity index (χ3n) is 3.40. The molecule has 0 heterocycles. The van der Waals surface area contributed by atoms with E-state index in [1.54, 1.807) is 0 Å². The highest BCUT2D eigenvalue weighted by molar-refractivity contribution is 9.10. The summed E-state index contributed by atoms with van der Waals surface area (Å²) in [6.45, 7) is 0. The van der Waals surface area contributed by atoms with Crippen LogP contribution in [0.1, 0.15) is 19.3 Å². The van der Waals surface area contributed by atoms with Gasteiger partial charge in [0.15, 0.2) is 0 Å². The molecular formula is C12H13Br2Cl2NO2S. The molecule has 20 heavy (non-hydrogen) atoms. The van der Waals surface area contributed by atoms with Gasteiger partial charge in [-0.15, -0.1) is 0 Å². The maximum atomic E-state index is 12.5. The minimum atomic E-state index is -3.72. The first-order valence-electron chi connectivity index (χ1n) is 6.08. The zero-order valence-corrected chi connectivity index (χ0v) is 15.9. The van der Waals surface area contributed by atoms with Crippen molar-refractivity contribution < 1.29 is 8.42 Å². The molecule has 1 saturated carbocycles. The number of rotatable bonds is 4. The van der Waals surface area contributed by atoms with Crippen LogP contribution in [-0.2, 0) is 10.0 Å². The molecule has 0 aromatic heterocycles. The average molecular weight is 466 g/mol. The van der Waals surface area contributed by atoms with E-state index in [0.717, 1.165) is 24.6 Å². The largest absolute Gasteiger partial charge is 0.243 e. The molecule has 112 valence electrons. The van der Waals surface area contributed by atoms with Gasteiger partial charge in [0.1, 0.15) is 4.90 Å². The lowest BCUT2D eigenvalue weighted by Gasteiger charge is -2.20. The molecule has 1 fully saturated rings. The third kappa shape index (κ3) is 3.70. The quantitative estimate of drug-likeness (QED) is 0.660. The fourth-order valence-electron chi connectivity index (χ4n) is 2.42. The Bertz CT molecular complexity index is 586. The van der Waals surface area contributed by atoms with E-state index in [4.69, 9.17) is 23.2 Å². The number of sulfonamides is 1. The molecular weight excluding hydrogens is 453 g/mol. The minimum Gasteiger partial charge on any atom is -0.208 e. The smallest absolute Gasteiger partial charge is 0.208 e. The molecule has 0 spiro atoms. The van der Waals surface area contributed by atoms with Crippen molar-refractivity contribution in [2.45, 2.75) is 30.2 Å². The molecule has 0 saturated heterocycles. The van der Waals surface area contributed by atoms with Gasteiger partial charge in [-0.2, -0.15) is 0 Å². The van der Waals surface area contributed by atoms with E-state index in [0.29, 0.717) is 10.4 Å². The van der Waals surface area contributed by atoms with Crippen LogP contribution in [0.2, 0.25) is 10.0 Å². The van der Waals surface area contributed by atoms with Gasteiger partial charge in [0.05, 0.1) is 10.0 Å². The van der Waals surface area contributed by atoms with Gasteiger partial charge >= 0.3 is 0 Å². The van der Waals surface area contributed by atoms with E-state index in [2.05, 4.69) is 36.6 Å². The molecule has 1 aromatic carbocycles. The fraction of sp³-hybridized carbons (Fsp3) is 0.500. The summed E-state index contributed by atoms with van der Waals surface area (Å²) in [5.41, 5.74) is 0.